The van der Waals surface area contributed by atoms with Gasteiger partial charge in [-0.25, -0.2) is 14.4 Å². The molecule has 0 spiro atoms. The number of hydrogen-bond acceptors (Lipinski definition) is 7. The molecule has 1 fully saturated rings. The Morgan fingerprint density at radius 1 is 1.23 bits per heavy atom. The topological polar surface area (TPSA) is 84.2 Å². The van der Waals surface area contributed by atoms with Crippen molar-refractivity contribution in [2.45, 2.75) is 37.0 Å². The van der Waals surface area contributed by atoms with E-state index in [0.29, 0.717) is 40.4 Å². The quantitative estimate of drug-likeness (QED) is 0.680. The molecule has 7 nitrogen and oxygen atoms in total. The third-order valence-corrected chi connectivity index (χ3v) is 6.99. The number of piperidine rings is 1. The Kier molecular flexibility index (Phi) is 4.98. The number of hydrogen-bond donors (Lipinski definition) is 1. The summed E-state index contributed by atoms with van der Waals surface area (Å²) in [6, 6.07) is 6.18. The standard InChI is InChI=1S/C21H22FN5O2S/c1-13-12-29-20(23-13)14-5-8-27(9-6-14)21-25-17-7-10-30(28)18(17)19(26-21)24-16-4-2-3-15(22)11-16/h2-4,11-12,14H,5-10H2,1H3,(H,24,25,26). The van der Waals surface area contributed by atoms with Crippen LogP contribution in [0.25, 0.3) is 0 Å². The van der Waals surface area contributed by atoms with Crippen molar-refractivity contribution < 1.29 is 13.0 Å². The molecule has 9 heteroatoms. The summed E-state index contributed by atoms with van der Waals surface area (Å²) in [6.07, 6.45) is 4.15. The van der Waals surface area contributed by atoms with Crippen LogP contribution in [0.5, 0.6) is 0 Å². The minimum Gasteiger partial charge on any atom is -0.448 e. The molecule has 0 saturated carbocycles. The Hall–Kier alpha value is -2.81. The molecule has 2 aliphatic rings. The maximum atomic E-state index is 13.6. The first kappa shape index (κ1) is 19.2. The summed E-state index contributed by atoms with van der Waals surface area (Å²) in [5, 5.41) is 3.16. The summed E-state index contributed by atoms with van der Waals surface area (Å²) >= 11 is 0. The van der Waals surface area contributed by atoms with E-state index < -0.39 is 10.8 Å². The van der Waals surface area contributed by atoms with E-state index in [1.54, 1.807) is 18.4 Å². The lowest BCUT2D eigenvalue weighted by molar-refractivity contribution is 0.391. The van der Waals surface area contributed by atoms with Gasteiger partial charge in [0.15, 0.2) is 11.7 Å². The highest BCUT2D eigenvalue weighted by Gasteiger charge is 2.30. The lowest BCUT2D eigenvalue weighted by Gasteiger charge is -2.31. The summed E-state index contributed by atoms with van der Waals surface area (Å²) in [6.45, 7) is 3.50. The molecule has 1 atom stereocenters. The number of rotatable bonds is 4. The summed E-state index contributed by atoms with van der Waals surface area (Å²) in [7, 11) is -1.15. The van der Waals surface area contributed by atoms with Crippen molar-refractivity contribution in [1.82, 2.24) is 15.0 Å². The molecule has 0 amide bonds. The normalized spacial score (nSPS) is 19.1. The molecule has 0 aliphatic carbocycles. The summed E-state index contributed by atoms with van der Waals surface area (Å²) in [5.74, 6) is 2.41. The molecule has 0 radical (unpaired) electrons. The molecule has 1 saturated heterocycles. The van der Waals surface area contributed by atoms with Gasteiger partial charge >= 0.3 is 0 Å². The van der Waals surface area contributed by atoms with Gasteiger partial charge in [0.25, 0.3) is 0 Å². The molecular formula is C21H22FN5O2S. The van der Waals surface area contributed by atoms with Gasteiger partial charge in [0.05, 0.1) is 22.2 Å². The number of benzene rings is 1. The minimum atomic E-state index is -1.15. The lowest BCUT2D eigenvalue weighted by Crippen LogP contribution is -2.34. The average molecular weight is 428 g/mol. The molecule has 1 N–H and O–H groups in total. The highest BCUT2D eigenvalue weighted by Crippen LogP contribution is 2.34. The first-order chi connectivity index (χ1) is 14.6. The van der Waals surface area contributed by atoms with Gasteiger partial charge < -0.3 is 14.6 Å². The number of aromatic nitrogens is 3. The van der Waals surface area contributed by atoms with Gasteiger partial charge in [-0.2, -0.15) is 4.98 Å². The Labute approximate surface area is 176 Å². The second kappa shape index (κ2) is 7.79. The van der Waals surface area contributed by atoms with E-state index in [-0.39, 0.29) is 5.82 Å². The number of aryl methyl sites for hydroxylation is 2. The van der Waals surface area contributed by atoms with Gasteiger partial charge in [0.1, 0.15) is 17.0 Å². The summed E-state index contributed by atoms with van der Waals surface area (Å²) in [5.41, 5.74) is 2.28. The highest BCUT2D eigenvalue weighted by molar-refractivity contribution is 7.85. The molecule has 156 valence electrons. The van der Waals surface area contributed by atoms with Gasteiger partial charge in [0, 0.05) is 36.9 Å². The molecule has 0 bridgehead atoms. The van der Waals surface area contributed by atoms with E-state index in [1.165, 1.54) is 12.1 Å². The number of halogens is 1. The maximum Gasteiger partial charge on any atom is 0.227 e. The zero-order valence-electron chi connectivity index (χ0n) is 16.6. The highest BCUT2D eigenvalue weighted by atomic mass is 32.2. The second-order valence-electron chi connectivity index (χ2n) is 7.67. The summed E-state index contributed by atoms with van der Waals surface area (Å²) in [4.78, 5) is 16.7. The van der Waals surface area contributed by atoms with Crippen LogP contribution in [0, 0.1) is 12.7 Å². The van der Waals surface area contributed by atoms with Crippen molar-refractivity contribution in [1.29, 1.82) is 0 Å². The Balaban J connectivity index is 1.40. The van der Waals surface area contributed by atoms with Crippen molar-refractivity contribution in [3.05, 3.63) is 53.6 Å². The molecule has 4 heterocycles. The zero-order chi connectivity index (χ0) is 20.7. The first-order valence-electron chi connectivity index (χ1n) is 10.1. The van der Waals surface area contributed by atoms with Gasteiger partial charge in [0.2, 0.25) is 5.95 Å². The van der Waals surface area contributed by atoms with Crippen LogP contribution in [0.4, 0.5) is 21.8 Å². The lowest BCUT2D eigenvalue weighted by atomic mass is 9.97. The number of anilines is 3. The van der Waals surface area contributed by atoms with Crippen LogP contribution in [-0.2, 0) is 17.2 Å². The third kappa shape index (κ3) is 3.69. The monoisotopic (exact) mass is 427 g/mol. The van der Waals surface area contributed by atoms with Gasteiger partial charge in [-0.3, -0.25) is 4.21 Å². The van der Waals surface area contributed by atoms with Crippen LogP contribution in [0.2, 0.25) is 0 Å². The molecule has 2 aromatic heterocycles. The smallest absolute Gasteiger partial charge is 0.227 e. The first-order valence-corrected chi connectivity index (χ1v) is 11.4. The fourth-order valence-corrected chi connectivity index (χ4v) is 5.30. The van der Waals surface area contributed by atoms with Crippen molar-refractivity contribution in [2.75, 3.05) is 29.1 Å². The second-order valence-corrected chi connectivity index (χ2v) is 9.18. The van der Waals surface area contributed by atoms with E-state index in [2.05, 4.69) is 15.2 Å². The summed E-state index contributed by atoms with van der Waals surface area (Å²) < 4.78 is 31.7. The van der Waals surface area contributed by atoms with E-state index >= 15 is 0 Å². The molecule has 30 heavy (non-hydrogen) atoms. The predicted octanol–water partition coefficient (Wildman–Crippen LogP) is 3.70. The van der Waals surface area contributed by atoms with Crippen LogP contribution >= 0.6 is 0 Å². The Morgan fingerprint density at radius 2 is 2.07 bits per heavy atom. The van der Waals surface area contributed by atoms with Crippen LogP contribution in [0.15, 0.2) is 39.8 Å². The fourth-order valence-electron chi connectivity index (χ4n) is 4.00. The fraction of sp³-hybridized carbons (Fsp3) is 0.381. The van der Waals surface area contributed by atoms with Gasteiger partial charge in [-0.05, 0) is 38.0 Å². The molecule has 1 aromatic carbocycles. The molecule has 2 aliphatic heterocycles. The number of nitrogens with zero attached hydrogens (tertiary/aromatic N) is 4. The van der Waals surface area contributed by atoms with E-state index in [0.717, 1.165) is 43.2 Å². The van der Waals surface area contributed by atoms with Gasteiger partial charge in [-0.15, -0.1) is 0 Å². The van der Waals surface area contributed by atoms with Crippen LogP contribution in [0.3, 0.4) is 0 Å². The van der Waals surface area contributed by atoms with Crippen molar-refractivity contribution in [3.8, 4) is 0 Å². The Bertz CT molecular complexity index is 1110. The van der Waals surface area contributed by atoms with Crippen LogP contribution in [-0.4, -0.2) is 38.0 Å². The van der Waals surface area contributed by atoms with Crippen LogP contribution in [0.1, 0.15) is 36.0 Å². The van der Waals surface area contributed by atoms with Gasteiger partial charge in [-0.1, -0.05) is 6.07 Å². The molecule has 5 rings (SSSR count). The van der Waals surface area contributed by atoms with Crippen molar-refractivity contribution >= 4 is 28.3 Å². The maximum absolute atomic E-state index is 13.6. The molecule has 1 unspecified atom stereocenters. The SMILES string of the molecule is Cc1coc(C2CCN(c3nc4c(c(Nc5cccc(F)c5)n3)S(=O)CC4)CC2)n1. The molecular weight excluding hydrogens is 405 g/mol. The largest absolute Gasteiger partial charge is 0.448 e. The zero-order valence-corrected chi connectivity index (χ0v) is 17.4. The minimum absolute atomic E-state index is 0.293. The molecule has 3 aromatic rings. The predicted molar refractivity (Wildman–Crippen MR) is 112 cm³/mol. The van der Waals surface area contributed by atoms with E-state index in [4.69, 9.17) is 14.4 Å². The number of oxazole rings is 1. The average Bonchev–Trinajstić information content (AvgIpc) is 3.34. The third-order valence-electron chi connectivity index (χ3n) is 5.53. The number of nitrogens with one attached hydrogen (secondary N) is 1. The van der Waals surface area contributed by atoms with Crippen molar-refractivity contribution in [2.24, 2.45) is 0 Å². The van der Waals surface area contributed by atoms with Crippen LogP contribution < -0.4 is 10.2 Å². The number of fused-ring (bicyclic) bond motifs is 1. The van der Waals surface area contributed by atoms with Crippen molar-refractivity contribution in [3.63, 3.8) is 0 Å². The Morgan fingerprint density at radius 3 is 2.80 bits per heavy atom. The van der Waals surface area contributed by atoms with E-state index in [1.807, 2.05) is 6.92 Å². The van der Waals surface area contributed by atoms with E-state index in [9.17, 15) is 8.60 Å².